The first-order chi connectivity index (χ1) is 13.2. The summed E-state index contributed by atoms with van der Waals surface area (Å²) in [6.07, 6.45) is 1.14. The summed E-state index contributed by atoms with van der Waals surface area (Å²) in [6, 6.07) is 16.9. The van der Waals surface area contributed by atoms with Crippen LogP contribution in [0.3, 0.4) is 0 Å². The minimum atomic E-state index is 0. The third kappa shape index (κ3) is 5.85. The molecular formula is C22H30IN3O2. The number of hydrogen-bond acceptors (Lipinski definition) is 3. The molecule has 1 saturated heterocycles. The third-order valence-corrected chi connectivity index (χ3v) is 5.04. The Morgan fingerprint density at radius 2 is 1.89 bits per heavy atom. The van der Waals surface area contributed by atoms with Crippen molar-refractivity contribution in [1.82, 2.24) is 10.2 Å². The van der Waals surface area contributed by atoms with Gasteiger partial charge in [0.1, 0.15) is 5.75 Å². The van der Waals surface area contributed by atoms with Crippen LogP contribution in [0.4, 0.5) is 0 Å². The van der Waals surface area contributed by atoms with Gasteiger partial charge in [-0.3, -0.25) is 4.99 Å². The van der Waals surface area contributed by atoms with Gasteiger partial charge < -0.3 is 19.7 Å². The molecule has 1 fully saturated rings. The van der Waals surface area contributed by atoms with E-state index in [2.05, 4.69) is 51.6 Å². The highest BCUT2D eigenvalue weighted by Gasteiger charge is 2.26. The number of nitrogens with one attached hydrogen (secondary N) is 1. The minimum Gasteiger partial charge on any atom is -0.497 e. The van der Waals surface area contributed by atoms with Gasteiger partial charge in [0.05, 0.1) is 13.7 Å². The molecule has 0 aromatic heterocycles. The molecule has 2 aromatic carbocycles. The first-order valence-electron chi connectivity index (χ1n) is 9.39. The van der Waals surface area contributed by atoms with Crippen molar-refractivity contribution < 1.29 is 9.47 Å². The Kier molecular flexibility index (Phi) is 9.05. The lowest BCUT2D eigenvalue weighted by atomic mass is 9.98. The zero-order chi connectivity index (χ0) is 19.1. The lowest BCUT2D eigenvalue weighted by Crippen LogP contribution is -2.39. The van der Waals surface area contributed by atoms with Crippen LogP contribution in [-0.4, -0.2) is 45.2 Å². The first-order valence-corrected chi connectivity index (χ1v) is 9.39. The van der Waals surface area contributed by atoms with Gasteiger partial charge in [0.15, 0.2) is 5.96 Å². The fourth-order valence-corrected chi connectivity index (χ4v) is 3.61. The molecule has 28 heavy (non-hydrogen) atoms. The van der Waals surface area contributed by atoms with Crippen LogP contribution in [0.25, 0.3) is 0 Å². The topological polar surface area (TPSA) is 46.1 Å². The summed E-state index contributed by atoms with van der Waals surface area (Å²) in [7, 11) is 5.27. The van der Waals surface area contributed by atoms with Crippen LogP contribution in [0.5, 0.6) is 5.75 Å². The van der Waals surface area contributed by atoms with E-state index in [-0.39, 0.29) is 24.0 Å². The van der Waals surface area contributed by atoms with Crippen LogP contribution < -0.4 is 10.1 Å². The van der Waals surface area contributed by atoms with E-state index < -0.39 is 0 Å². The Hall–Kier alpha value is -1.80. The molecule has 5 nitrogen and oxygen atoms in total. The average Bonchev–Trinajstić information content (AvgIpc) is 3.19. The molecule has 0 spiro atoms. The number of halogens is 1. The van der Waals surface area contributed by atoms with Crippen molar-refractivity contribution in [3.63, 3.8) is 0 Å². The monoisotopic (exact) mass is 495 g/mol. The summed E-state index contributed by atoms with van der Waals surface area (Å²) in [4.78, 5) is 6.83. The molecule has 1 unspecified atom stereocenters. The van der Waals surface area contributed by atoms with E-state index >= 15 is 0 Å². The second-order valence-electron chi connectivity index (χ2n) is 6.86. The number of hydrogen-bond donors (Lipinski definition) is 1. The number of benzene rings is 2. The number of ether oxygens (including phenoxy) is 2. The molecule has 152 valence electrons. The smallest absolute Gasteiger partial charge is 0.193 e. The van der Waals surface area contributed by atoms with E-state index in [0.29, 0.717) is 12.5 Å². The van der Waals surface area contributed by atoms with Gasteiger partial charge in [-0.15, -0.1) is 24.0 Å². The maximum atomic E-state index is 5.26. The molecular weight excluding hydrogens is 465 g/mol. The van der Waals surface area contributed by atoms with Crippen molar-refractivity contribution in [3.05, 3.63) is 65.2 Å². The normalized spacial score (nSPS) is 16.6. The molecule has 0 bridgehead atoms. The van der Waals surface area contributed by atoms with Crippen molar-refractivity contribution in [2.24, 2.45) is 4.99 Å². The van der Waals surface area contributed by atoms with Gasteiger partial charge in [0.25, 0.3) is 0 Å². The third-order valence-electron chi connectivity index (χ3n) is 5.04. The van der Waals surface area contributed by atoms with E-state index in [1.165, 1.54) is 16.7 Å². The number of methoxy groups -OCH3 is 2. The largest absolute Gasteiger partial charge is 0.497 e. The minimum absolute atomic E-state index is 0. The Bertz CT molecular complexity index is 765. The van der Waals surface area contributed by atoms with E-state index in [0.717, 1.165) is 37.8 Å². The molecule has 0 saturated carbocycles. The second-order valence-corrected chi connectivity index (χ2v) is 6.86. The first kappa shape index (κ1) is 22.5. The summed E-state index contributed by atoms with van der Waals surface area (Å²) >= 11 is 0. The molecule has 1 aliphatic rings. The van der Waals surface area contributed by atoms with Gasteiger partial charge in [-0.25, -0.2) is 0 Å². The Morgan fingerprint density at radius 1 is 1.14 bits per heavy atom. The predicted molar refractivity (Wildman–Crippen MR) is 125 cm³/mol. The molecule has 1 heterocycles. The van der Waals surface area contributed by atoms with Crippen LogP contribution in [-0.2, 0) is 17.9 Å². The Balaban J connectivity index is 0.00000280. The van der Waals surface area contributed by atoms with E-state index in [9.17, 15) is 0 Å². The zero-order valence-corrected chi connectivity index (χ0v) is 19.2. The molecule has 3 rings (SSSR count). The molecule has 0 amide bonds. The molecule has 1 atom stereocenters. The number of nitrogens with zero attached hydrogens (tertiary/aromatic N) is 2. The van der Waals surface area contributed by atoms with Crippen molar-refractivity contribution in [2.75, 3.05) is 34.4 Å². The Morgan fingerprint density at radius 3 is 2.57 bits per heavy atom. The molecule has 0 radical (unpaired) electrons. The quantitative estimate of drug-likeness (QED) is 0.374. The summed E-state index contributed by atoms with van der Waals surface area (Å²) in [5, 5.41) is 3.50. The predicted octanol–water partition coefficient (Wildman–Crippen LogP) is 4.02. The Labute approximate surface area is 185 Å². The molecule has 2 aromatic rings. The lowest BCUT2D eigenvalue weighted by Gasteiger charge is -2.22. The average molecular weight is 495 g/mol. The van der Waals surface area contributed by atoms with Crippen LogP contribution in [0, 0.1) is 0 Å². The van der Waals surface area contributed by atoms with Gasteiger partial charge in [-0.1, -0.05) is 36.4 Å². The lowest BCUT2D eigenvalue weighted by molar-refractivity contribution is 0.185. The van der Waals surface area contributed by atoms with E-state index in [1.807, 2.05) is 19.2 Å². The van der Waals surface area contributed by atoms with Crippen molar-refractivity contribution >= 4 is 29.9 Å². The van der Waals surface area contributed by atoms with Crippen LogP contribution in [0.15, 0.2) is 53.5 Å². The summed E-state index contributed by atoms with van der Waals surface area (Å²) in [6.45, 7) is 3.39. The number of aliphatic imine (C=N–C) groups is 1. The number of rotatable bonds is 6. The molecule has 0 aliphatic carbocycles. The maximum absolute atomic E-state index is 5.26. The maximum Gasteiger partial charge on any atom is 0.193 e. The highest BCUT2D eigenvalue weighted by molar-refractivity contribution is 14.0. The number of guanidine groups is 1. The molecule has 1 aliphatic heterocycles. The fraction of sp³-hybridized carbons (Fsp3) is 0.409. The van der Waals surface area contributed by atoms with E-state index in [4.69, 9.17) is 9.47 Å². The van der Waals surface area contributed by atoms with Crippen molar-refractivity contribution in [2.45, 2.75) is 25.5 Å². The summed E-state index contributed by atoms with van der Waals surface area (Å²) in [5.74, 6) is 2.39. The number of likely N-dealkylation sites (tertiary alicyclic amines) is 1. The van der Waals surface area contributed by atoms with Gasteiger partial charge >= 0.3 is 0 Å². The van der Waals surface area contributed by atoms with Gasteiger partial charge in [-0.2, -0.15) is 0 Å². The van der Waals surface area contributed by atoms with Gasteiger partial charge in [-0.05, 0) is 35.2 Å². The van der Waals surface area contributed by atoms with Crippen LogP contribution in [0.1, 0.15) is 29.0 Å². The van der Waals surface area contributed by atoms with Crippen molar-refractivity contribution in [1.29, 1.82) is 0 Å². The van der Waals surface area contributed by atoms with E-state index in [1.54, 1.807) is 14.2 Å². The SMILES string of the molecule is CN=C(NCc1cccc(COC)c1)N1CCC(c2ccc(OC)cc2)C1.I. The fourth-order valence-electron chi connectivity index (χ4n) is 3.61. The van der Waals surface area contributed by atoms with Crippen molar-refractivity contribution in [3.8, 4) is 5.75 Å². The van der Waals surface area contributed by atoms with Crippen LogP contribution in [0.2, 0.25) is 0 Å². The van der Waals surface area contributed by atoms with Gasteiger partial charge in [0, 0.05) is 39.7 Å². The molecule has 6 heteroatoms. The molecule has 1 N–H and O–H groups in total. The highest BCUT2D eigenvalue weighted by Crippen LogP contribution is 2.28. The summed E-state index contributed by atoms with van der Waals surface area (Å²) < 4.78 is 10.5. The summed E-state index contributed by atoms with van der Waals surface area (Å²) in [5.41, 5.74) is 3.78. The van der Waals surface area contributed by atoms with Gasteiger partial charge in [0.2, 0.25) is 0 Å². The highest BCUT2D eigenvalue weighted by atomic mass is 127. The van der Waals surface area contributed by atoms with Crippen LogP contribution >= 0.6 is 24.0 Å². The second kappa shape index (κ2) is 11.3. The standard InChI is InChI=1S/C22H29N3O2.HI/c1-23-22(24-14-17-5-4-6-18(13-17)16-26-2)25-12-11-20(15-25)19-7-9-21(27-3)10-8-19;/h4-10,13,20H,11-12,14-16H2,1-3H3,(H,23,24);1H. The zero-order valence-electron chi connectivity index (χ0n) is 16.9.